The lowest BCUT2D eigenvalue weighted by Crippen LogP contribution is -2.32. The molecule has 2 atom stereocenters. The zero-order valence-electron chi connectivity index (χ0n) is 10.7. The van der Waals surface area contributed by atoms with Crippen LogP contribution >= 0.6 is 15.9 Å². The van der Waals surface area contributed by atoms with Crippen molar-refractivity contribution in [2.45, 2.75) is 45.8 Å². The van der Waals surface area contributed by atoms with Gasteiger partial charge in [-0.05, 0) is 30.0 Å². The third-order valence-corrected chi connectivity index (χ3v) is 3.52. The first kappa shape index (κ1) is 12.9. The van der Waals surface area contributed by atoms with E-state index in [0.29, 0.717) is 0 Å². The Morgan fingerprint density at radius 1 is 1.41 bits per heavy atom. The van der Waals surface area contributed by atoms with Crippen LogP contribution in [0.5, 0.6) is 5.75 Å². The van der Waals surface area contributed by atoms with Gasteiger partial charge in [0.05, 0.1) is 0 Å². The first-order chi connectivity index (χ1) is 7.85. The van der Waals surface area contributed by atoms with Gasteiger partial charge in [0.15, 0.2) is 0 Å². The molecule has 0 aromatic heterocycles. The third-order valence-electron chi connectivity index (χ3n) is 3.02. The van der Waals surface area contributed by atoms with E-state index in [1.807, 2.05) is 12.1 Å². The number of rotatable bonds is 1. The summed E-state index contributed by atoms with van der Waals surface area (Å²) in [7, 11) is 0. The molecule has 2 N–H and O–H groups in total. The largest absolute Gasteiger partial charge is 0.490 e. The van der Waals surface area contributed by atoms with Crippen LogP contribution in [0.4, 0.5) is 0 Å². The monoisotopic (exact) mass is 297 g/mol. The Morgan fingerprint density at radius 3 is 2.76 bits per heavy atom. The van der Waals surface area contributed by atoms with Gasteiger partial charge in [-0.15, -0.1) is 0 Å². The van der Waals surface area contributed by atoms with Crippen molar-refractivity contribution >= 4 is 15.9 Å². The summed E-state index contributed by atoms with van der Waals surface area (Å²) in [6.07, 6.45) is 2.18. The van der Waals surface area contributed by atoms with E-state index < -0.39 is 0 Å². The minimum Gasteiger partial charge on any atom is -0.490 e. The number of hydrogen-bond donors (Lipinski definition) is 1. The topological polar surface area (TPSA) is 35.2 Å². The normalized spacial score (nSPS) is 24.1. The summed E-state index contributed by atoms with van der Waals surface area (Å²) >= 11 is 3.47. The molecule has 0 bridgehead atoms. The van der Waals surface area contributed by atoms with Crippen LogP contribution in [-0.2, 0) is 0 Å². The Morgan fingerprint density at radius 2 is 2.12 bits per heavy atom. The maximum Gasteiger partial charge on any atom is 0.124 e. The van der Waals surface area contributed by atoms with E-state index in [1.165, 1.54) is 0 Å². The molecule has 0 fully saturated rings. The molecule has 1 unspecified atom stereocenters. The van der Waals surface area contributed by atoms with E-state index in [4.69, 9.17) is 10.5 Å². The fourth-order valence-corrected chi connectivity index (χ4v) is 2.74. The number of nitrogens with two attached hydrogens (primary N) is 1. The minimum atomic E-state index is 0.0867. The van der Waals surface area contributed by atoms with E-state index in [0.717, 1.165) is 28.6 Å². The van der Waals surface area contributed by atoms with Crippen molar-refractivity contribution in [1.82, 2.24) is 0 Å². The lowest BCUT2D eigenvalue weighted by atomic mass is 9.85. The molecular formula is C14H20BrNO. The number of benzene rings is 1. The highest BCUT2D eigenvalue weighted by Gasteiger charge is 2.29. The van der Waals surface area contributed by atoms with Crippen LogP contribution in [0.15, 0.2) is 22.7 Å². The SMILES string of the molecule is CC(C)(C)CC1C[C@@H](N)c2cc(Br)ccc2O1. The Labute approximate surface area is 112 Å². The van der Waals surface area contributed by atoms with Crippen LogP contribution in [0, 0.1) is 5.41 Å². The van der Waals surface area contributed by atoms with Crippen LogP contribution < -0.4 is 10.5 Å². The van der Waals surface area contributed by atoms with Gasteiger partial charge in [-0.2, -0.15) is 0 Å². The molecule has 0 saturated heterocycles. The standard InChI is InChI=1S/C14H20BrNO/c1-14(2,3)8-10-7-12(16)11-6-9(15)4-5-13(11)17-10/h4-6,10,12H,7-8,16H2,1-3H3/t10?,12-/m1/s1. The van der Waals surface area contributed by atoms with E-state index in [1.54, 1.807) is 0 Å². The summed E-state index contributed by atoms with van der Waals surface area (Å²) in [5, 5.41) is 0. The summed E-state index contributed by atoms with van der Waals surface area (Å²) < 4.78 is 7.09. The van der Waals surface area contributed by atoms with E-state index in [2.05, 4.69) is 42.8 Å². The highest BCUT2D eigenvalue weighted by Crippen LogP contribution is 2.38. The highest BCUT2D eigenvalue weighted by molar-refractivity contribution is 9.10. The summed E-state index contributed by atoms with van der Waals surface area (Å²) in [6, 6.07) is 6.16. The quantitative estimate of drug-likeness (QED) is 0.849. The summed E-state index contributed by atoms with van der Waals surface area (Å²) in [6.45, 7) is 6.71. The highest BCUT2D eigenvalue weighted by atomic mass is 79.9. The summed E-state index contributed by atoms with van der Waals surface area (Å²) in [5.41, 5.74) is 7.61. The molecular weight excluding hydrogens is 278 g/mol. The molecule has 1 heterocycles. The predicted octanol–water partition coefficient (Wildman–Crippen LogP) is 4.04. The zero-order chi connectivity index (χ0) is 12.6. The van der Waals surface area contributed by atoms with E-state index >= 15 is 0 Å². The Kier molecular flexibility index (Phi) is 3.50. The molecule has 0 saturated carbocycles. The van der Waals surface area contributed by atoms with Gasteiger partial charge in [-0.1, -0.05) is 36.7 Å². The van der Waals surface area contributed by atoms with Gasteiger partial charge in [0.1, 0.15) is 11.9 Å². The number of halogens is 1. The maximum atomic E-state index is 6.22. The Hall–Kier alpha value is -0.540. The second-order valence-electron chi connectivity index (χ2n) is 6.03. The van der Waals surface area contributed by atoms with Crippen LogP contribution in [0.3, 0.4) is 0 Å². The Balaban J connectivity index is 2.19. The molecule has 1 aromatic carbocycles. The predicted molar refractivity (Wildman–Crippen MR) is 74.2 cm³/mol. The average Bonchev–Trinajstić information content (AvgIpc) is 2.17. The molecule has 2 rings (SSSR count). The fourth-order valence-electron chi connectivity index (χ4n) is 2.36. The van der Waals surface area contributed by atoms with Gasteiger partial charge < -0.3 is 10.5 Å². The molecule has 94 valence electrons. The third kappa shape index (κ3) is 3.23. The van der Waals surface area contributed by atoms with Gasteiger partial charge in [0.25, 0.3) is 0 Å². The van der Waals surface area contributed by atoms with Crippen molar-refractivity contribution in [3.8, 4) is 5.75 Å². The second-order valence-corrected chi connectivity index (χ2v) is 6.94. The van der Waals surface area contributed by atoms with Crippen molar-refractivity contribution in [2.75, 3.05) is 0 Å². The fraction of sp³-hybridized carbons (Fsp3) is 0.571. The molecule has 3 heteroatoms. The number of fused-ring (bicyclic) bond motifs is 1. The van der Waals surface area contributed by atoms with Crippen LogP contribution in [-0.4, -0.2) is 6.10 Å². The maximum absolute atomic E-state index is 6.22. The average molecular weight is 298 g/mol. The molecule has 2 nitrogen and oxygen atoms in total. The van der Waals surface area contributed by atoms with Crippen LogP contribution in [0.25, 0.3) is 0 Å². The second kappa shape index (κ2) is 4.62. The van der Waals surface area contributed by atoms with E-state index in [9.17, 15) is 0 Å². The van der Waals surface area contributed by atoms with Gasteiger partial charge in [-0.25, -0.2) is 0 Å². The van der Waals surface area contributed by atoms with Crippen molar-refractivity contribution in [3.05, 3.63) is 28.2 Å². The van der Waals surface area contributed by atoms with Crippen molar-refractivity contribution in [1.29, 1.82) is 0 Å². The lowest BCUT2D eigenvalue weighted by molar-refractivity contribution is 0.112. The molecule has 17 heavy (non-hydrogen) atoms. The molecule has 1 aliphatic heterocycles. The number of hydrogen-bond acceptors (Lipinski definition) is 2. The molecule has 0 spiro atoms. The smallest absolute Gasteiger partial charge is 0.124 e. The molecule has 1 aliphatic rings. The lowest BCUT2D eigenvalue weighted by Gasteiger charge is -2.34. The molecule has 1 aromatic rings. The van der Waals surface area contributed by atoms with Gasteiger partial charge in [0, 0.05) is 22.5 Å². The van der Waals surface area contributed by atoms with Crippen molar-refractivity contribution in [2.24, 2.45) is 11.1 Å². The molecule has 0 amide bonds. The molecule has 0 aliphatic carbocycles. The van der Waals surface area contributed by atoms with Crippen molar-refractivity contribution in [3.63, 3.8) is 0 Å². The summed E-state index contributed by atoms with van der Waals surface area (Å²) in [4.78, 5) is 0. The first-order valence-corrected chi connectivity index (χ1v) is 6.86. The van der Waals surface area contributed by atoms with E-state index in [-0.39, 0.29) is 17.6 Å². The van der Waals surface area contributed by atoms with Gasteiger partial charge >= 0.3 is 0 Å². The van der Waals surface area contributed by atoms with Crippen LogP contribution in [0.2, 0.25) is 0 Å². The first-order valence-electron chi connectivity index (χ1n) is 6.07. The number of ether oxygens (including phenoxy) is 1. The summed E-state index contributed by atoms with van der Waals surface area (Å²) in [5.74, 6) is 0.946. The Bertz CT molecular complexity index is 411. The van der Waals surface area contributed by atoms with Crippen LogP contribution in [0.1, 0.15) is 45.2 Å². The van der Waals surface area contributed by atoms with Crippen molar-refractivity contribution < 1.29 is 4.74 Å². The minimum absolute atomic E-state index is 0.0867. The zero-order valence-corrected chi connectivity index (χ0v) is 12.3. The van der Waals surface area contributed by atoms with Gasteiger partial charge in [0.2, 0.25) is 0 Å². The molecule has 0 radical (unpaired) electrons. The van der Waals surface area contributed by atoms with Gasteiger partial charge in [-0.3, -0.25) is 0 Å².